The van der Waals surface area contributed by atoms with Crippen molar-refractivity contribution in [2.45, 2.75) is 0 Å². The van der Waals surface area contributed by atoms with Gasteiger partial charge in [0.05, 0.1) is 6.21 Å². The predicted octanol–water partition coefficient (Wildman–Crippen LogP) is 5.30. The SMILES string of the molecule is O/N=C/c1ccc(Oc2c(Cl)c(Cl)nc(Cl)c2Cl)cc1. The van der Waals surface area contributed by atoms with Gasteiger partial charge in [0.25, 0.3) is 0 Å². The van der Waals surface area contributed by atoms with Crippen molar-refractivity contribution in [2.24, 2.45) is 5.16 Å². The van der Waals surface area contributed by atoms with Crippen LogP contribution in [-0.2, 0) is 0 Å². The zero-order valence-electron chi connectivity index (χ0n) is 9.65. The van der Waals surface area contributed by atoms with E-state index in [-0.39, 0.29) is 26.1 Å². The van der Waals surface area contributed by atoms with Gasteiger partial charge in [-0.1, -0.05) is 51.6 Å². The Bertz CT molecular complexity index is 633. The summed E-state index contributed by atoms with van der Waals surface area (Å²) in [5, 5.41) is 11.5. The van der Waals surface area contributed by atoms with Crippen LogP contribution >= 0.6 is 46.4 Å². The van der Waals surface area contributed by atoms with E-state index in [2.05, 4.69) is 10.1 Å². The lowest BCUT2D eigenvalue weighted by Gasteiger charge is -2.11. The van der Waals surface area contributed by atoms with E-state index in [0.29, 0.717) is 11.3 Å². The third-order valence-electron chi connectivity index (χ3n) is 2.26. The molecule has 2 aromatic rings. The molecule has 0 aliphatic rings. The molecule has 0 radical (unpaired) electrons. The molecule has 0 fully saturated rings. The van der Waals surface area contributed by atoms with E-state index in [9.17, 15) is 0 Å². The molecule has 1 aromatic carbocycles. The molecule has 1 aromatic heterocycles. The zero-order chi connectivity index (χ0) is 14.7. The van der Waals surface area contributed by atoms with Gasteiger partial charge >= 0.3 is 0 Å². The van der Waals surface area contributed by atoms with Crippen LogP contribution in [0.3, 0.4) is 0 Å². The van der Waals surface area contributed by atoms with Gasteiger partial charge in [-0.3, -0.25) is 0 Å². The molecule has 8 heteroatoms. The van der Waals surface area contributed by atoms with E-state index in [1.54, 1.807) is 24.3 Å². The molecule has 104 valence electrons. The first-order valence-electron chi connectivity index (χ1n) is 5.18. The van der Waals surface area contributed by atoms with Crippen molar-refractivity contribution in [1.82, 2.24) is 4.98 Å². The summed E-state index contributed by atoms with van der Waals surface area (Å²) in [6.45, 7) is 0. The van der Waals surface area contributed by atoms with Gasteiger partial charge in [-0.05, 0) is 29.8 Å². The lowest BCUT2D eigenvalue weighted by molar-refractivity contribution is 0.322. The number of hydrogen-bond donors (Lipinski definition) is 1. The summed E-state index contributed by atoms with van der Waals surface area (Å²) in [6.07, 6.45) is 1.28. The third-order valence-corrected chi connectivity index (χ3v) is 3.71. The van der Waals surface area contributed by atoms with E-state index in [1.807, 2.05) is 0 Å². The van der Waals surface area contributed by atoms with E-state index in [1.165, 1.54) is 6.21 Å². The van der Waals surface area contributed by atoms with Gasteiger partial charge in [-0.2, -0.15) is 0 Å². The van der Waals surface area contributed by atoms with Gasteiger partial charge in [-0.15, -0.1) is 0 Å². The summed E-state index contributed by atoms with van der Waals surface area (Å²) < 4.78 is 5.55. The minimum absolute atomic E-state index is 0.0000932. The van der Waals surface area contributed by atoms with Crippen molar-refractivity contribution in [1.29, 1.82) is 0 Å². The van der Waals surface area contributed by atoms with E-state index in [4.69, 9.17) is 56.3 Å². The molecule has 1 N–H and O–H groups in total. The van der Waals surface area contributed by atoms with Gasteiger partial charge in [-0.25, -0.2) is 4.98 Å². The Morgan fingerprint density at radius 1 is 1.00 bits per heavy atom. The molecule has 0 atom stereocenters. The standard InChI is InChI=1S/C12H6Cl4N2O2/c13-8-10(9(14)12(16)18-11(8)15)20-7-3-1-6(2-4-7)5-17-19/h1-5,19H/b17-5+. The molecule has 2 rings (SSSR count). The van der Waals surface area contributed by atoms with Crippen LogP contribution in [0, 0.1) is 0 Å². The summed E-state index contributed by atoms with van der Waals surface area (Å²) in [7, 11) is 0. The minimum Gasteiger partial charge on any atom is -0.454 e. The van der Waals surface area contributed by atoms with Crippen molar-refractivity contribution in [2.75, 3.05) is 0 Å². The summed E-state index contributed by atoms with van der Waals surface area (Å²) in [4.78, 5) is 3.76. The average molecular weight is 352 g/mol. The highest BCUT2D eigenvalue weighted by Crippen LogP contribution is 2.42. The minimum atomic E-state index is 0.0000932. The summed E-state index contributed by atoms with van der Waals surface area (Å²) >= 11 is 23.6. The van der Waals surface area contributed by atoms with E-state index < -0.39 is 0 Å². The smallest absolute Gasteiger partial charge is 0.170 e. The van der Waals surface area contributed by atoms with Gasteiger partial charge in [0.15, 0.2) is 16.1 Å². The number of benzene rings is 1. The Morgan fingerprint density at radius 2 is 1.55 bits per heavy atom. The highest BCUT2D eigenvalue weighted by molar-refractivity contribution is 6.47. The van der Waals surface area contributed by atoms with Crippen LogP contribution in [0.5, 0.6) is 11.5 Å². The van der Waals surface area contributed by atoms with Crippen molar-refractivity contribution in [3.63, 3.8) is 0 Å². The average Bonchev–Trinajstić information content (AvgIpc) is 2.43. The highest BCUT2D eigenvalue weighted by atomic mass is 35.5. The van der Waals surface area contributed by atoms with Crippen molar-refractivity contribution >= 4 is 52.6 Å². The number of rotatable bonds is 3. The molecule has 0 bridgehead atoms. The lowest BCUT2D eigenvalue weighted by atomic mass is 10.2. The molecule has 0 saturated heterocycles. The molecule has 0 aliphatic heterocycles. The number of oxime groups is 1. The van der Waals surface area contributed by atoms with Crippen LogP contribution < -0.4 is 4.74 Å². The summed E-state index contributed by atoms with van der Waals surface area (Å²) in [5.41, 5.74) is 0.697. The van der Waals surface area contributed by atoms with Crippen LogP contribution in [0.4, 0.5) is 0 Å². The second-order valence-corrected chi connectivity index (χ2v) is 5.04. The van der Waals surface area contributed by atoms with E-state index in [0.717, 1.165) is 0 Å². The van der Waals surface area contributed by atoms with Crippen LogP contribution in [-0.4, -0.2) is 16.4 Å². The second kappa shape index (κ2) is 6.50. The molecule has 0 unspecified atom stereocenters. The number of halogens is 4. The fourth-order valence-corrected chi connectivity index (χ4v) is 2.15. The van der Waals surface area contributed by atoms with Crippen molar-refractivity contribution in [3.05, 3.63) is 50.2 Å². The van der Waals surface area contributed by atoms with Gasteiger partial charge in [0.1, 0.15) is 15.8 Å². The third kappa shape index (κ3) is 3.27. The number of hydrogen-bond acceptors (Lipinski definition) is 4. The van der Waals surface area contributed by atoms with Crippen LogP contribution in [0.1, 0.15) is 5.56 Å². The topological polar surface area (TPSA) is 54.7 Å². The fraction of sp³-hybridized carbons (Fsp3) is 0. The predicted molar refractivity (Wildman–Crippen MR) is 80.2 cm³/mol. The van der Waals surface area contributed by atoms with Gasteiger partial charge in [0, 0.05) is 0 Å². The van der Waals surface area contributed by atoms with E-state index >= 15 is 0 Å². The number of pyridine rings is 1. The number of aromatic nitrogens is 1. The first-order chi connectivity index (χ1) is 9.52. The largest absolute Gasteiger partial charge is 0.454 e. The van der Waals surface area contributed by atoms with Crippen molar-refractivity contribution in [3.8, 4) is 11.5 Å². The maximum absolute atomic E-state index is 8.43. The first kappa shape index (κ1) is 15.2. The molecule has 0 spiro atoms. The van der Waals surface area contributed by atoms with Crippen LogP contribution in [0.15, 0.2) is 29.4 Å². The molecule has 0 amide bonds. The maximum atomic E-state index is 8.43. The molecule has 0 saturated carbocycles. The second-order valence-electron chi connectivity index (χ2n) is 3.57. The lowest BCUT2D eigenvalue weighted by Crippen LogP contribution is -1.91. The van der Waals surface area contributed by atoms with Crippen LogP contribution in [0.2, 0.25) is 20.4 Å². The molecule has 1 heterocycles. The maximum Gasteiger partial charge on any atom is 0.170 e. The quantitative estimate of drug-likeness (QED) is 0.353. The Hall–Kier alpha value is -1.20. The summed E-state index contributed by atoms with van der Waals surface area (Å²) in [6, 6.07) is 6.65. The number of nitrogens with zero attached hydrogens (tertiary/aromatic N) is 2. The molecule has 0 aliphatic carbocycles. The first-order valence-corrected chi connectivity index (χ1v) is 6.69. The number of ether oxygens (including phenoxy) is 1. The van der Waals surface area contributed by atoms with Gasteiger partial charge in [0.2, 0.25) is 0 Å². The monoisotopic (exact) mass is 350 g/mol. The highest BCUT2D eigenvalue weighted by Gasteiger charge is 2.17. The van der Waals surface area contributed by atoms with Crippen LogP contribution in [0.25, 0.3) is 0 Å². The Balaban J connectivity index is 2.35. The Morgan fingerprint density at radius 3 is 2.05 bits per heavy atom. The Labute approximate surface area is 134 Å². The fourth-order valence-electron chi connectivity index (χ4n) is 1.36. The molecule has 4 nitrogen and oxygen atoms in total. The Kier molecular flexibility index (Phi) is 4.94. The summed E-state index contributed by atoms with van der Waals surface area (Å²) in [5.74, 6) is 0.587. The zero-order valence-corrected chi connectivity index (χ0v) is 12.7. The van der Waals surface area contributed by atoms with Crippen molar-refractivity contribution < 1.29 is 9.94 Å². The molecular formula is C12H6Cl4N2O2. The molecular weight excluding hydrogens is 346 g/mol. The molecule has 20 heavy (non-hydrogen) atoms. The van der Waals surface area contributed by atoms with Gasteiger partial charge < -0.3 is 9.94 Å². The normalized spacial score (nSPS) is 11.0.